The average molecular weight is 467 g/mol. The van der Waals surface area contributed by atoms with Gasteiger partial charge in [0.15, 0.2) is 0 Å². The van der Waals surface area contributed by atoms with E-state index in [-0.39, 0.29) is 0 Å². The van der Waals surface area contributed by atoms with Crippen molar-refractivity contribution in [2.45, 2.75) is 0 Å². The highest BCUT2D eigenvalue weighted by molar-refractivity contribution is 6.04. The molecule has 3 aromatic heterocycles. The minimum atomic E-state index is 0.832. The number of H-pyrrole nitrogens is 2. The van der Waals surface area contributed by atoms with Crippen molar-refractivity contribution in [2.24, 2.45) is 0 Å². The van der Waals surface area contributed by atoms with Crippen molar-refractivity contribution in [1.82, 2.24) is 19.9 Å². The van der Waals surface area contributed by atoms with Crippen LogP contribution in [-0.4, -0.2) is 27.0 Å². The molecule has 5 aromatic rings. The number of fused-ring (bicyclic) bond motifs is 9. The number of hydrogen-bond acceptors (Lipinski definition) is 3. The molecule has 2 N–H and O–H groups in total. The van der Waals surface area contributed by atoms with E-state index in [9.17, 15) is 0 Å². The van der Waals surface area contributed by atoms with Crippen LogP contribution in [0.25, 0.3) is 68.3 Å². The molecule has 5 heteroatoms. The molecule has 0 saturated carbocycles. The van der Waals surface area contributed by atoms with Crippen LogP contribution in [0, 0.1) is 0 Å². The number of nitrogens with zero attached hydrogens (tertiary/aromatic N) is 2. The molecule has 0 radical (unpaired) electrons. The number of methoxy groups -OCH3 is 1. The van der Waals surface area contributed by atoms with Gasteiger partial charge in [-0.25, -0.2) is 9.97 Å². The third-order valence-electron chi connectivity index (χ3n) is 6.55. The van der Waals surface area contributed by atoms with Gasteiger partial charge in [0.25, 0.3) is 0 Å². The molecule has 36 heavy (non-hydrogen) atoms. The van der Waals surface area contributed by atoms with E-state index < -0.39 is 0 Å². The van der Waals surface area contributed by atoms with Crippen molar-refractivity contribution in [2.75, 3.05) is 7.11 Å². The van der Waals surface area contributed by atoms with Gasteiger partial charge in [-0.05, 0) is 83.6 Å². The molecule has 0 saturated heterocycles. The molecule has 7 rings (SSSR count). The van der Waals surface area contributed by atoms with Crippen LogP contribution < -0.4 is 4.74 Å². The lowest BCUT2D eigenvalue weighted by Gasteiger charge is -2.11. The highest BCUT2D eigenvalue weighted by Gasteiger charge is 2.14. The van der Waals surface area contributed by atoms with Crippen LogP contribution in [0.5, 0.6) is 5.75 Å². The minimum Gasteiger partial charge on any atom is -0.496 e. The van der Waals surface area contributed by atoms with E-state index in [1.54, 1.807) is 7.11 Å². The summed E-state index contributed by atoms with van der Waals surface area (Å²) < 4.78 is 5.84. The third kappa shape index (κ3) is 3.58. The molecule has 8 bridgehead atoms. The number of ether oxygens (including phenoxy) is 1. The summed E-state index contributed by atoms with van der Waals surface area (Å²) in [5.74, 6) is 0.832. The SMILES string of the molecule is COc1ccc2ccccc2c1-c1cc2cc3ccc(cc4nc(cc5nc(cc1[nH]2)C=C5)C=C4)[nH]3. The van der Waals surface area contributed by atoms with Gasteiger partial charge in [0.2, 0.25) is 0 Å². The molecule has 5 nitrogen and oxygen atoms in total. The van der Waals surface area contributed by atoms with E-state index in [0.29, 0.717) is 0 Å². The normalized spacial score (nSPS) is 12.4. The fourth-order valence-electron chi connectivity index (χ4n) is 4.92. The maximum atomic E-state index is 5.84. The first kappa shape index (κ1) is 20.5. The van der Waals surface area contributed by atoms with Crippen molar-refractivity contribution in [3.63, 3.8) is 0 Å². The number of hydrogen-bond donors (Lipinski definition) is 2. The molecular weight excluding hydrogens is 444 g/mol. The zero-order chi connectivity index (χ0) is 24.1. The average Bonchev–Trinajstić information content (AvgIpc) is 3.69. The van der Waals surface area contributed by atoms with Crippen LogP contribution in [0.2, 0.25) is 0 Å². The lowest BCUT2D eigenvalue weighted by Crippen LogP contribution is -1.89. The predicted octanol–water partition coefficient (Wildman–Crippen LogP) is 7.48. The second kappa shape index (κ2) is 8.10. The quantitative estimate of drug-likeness (QED) is 0.277. The first-order valence-corrected chi connectivity index (χ1v) is 11.9. The maximum absolute atomic E-state index is 5.84. The molecule has 0 amide bonds. The van der Waals surface area contributed by atoms with Gasteiger partial charge in [-0.3, -0.25) is 0 Å². The summed E-state index contributed by atoms with van der Waals surface area (Å²) >= 11 is 0. The molecule has 0 spiro atoms. The summed E-state index contributed by atoms with van der Waals surface area (Å²) in [6.45, 7) is 0. The number of rotatable bonds is 2. The Labute approximate surface area is 207 Å². The lowest BCUT2D eigenvalue weighted by molar-refractivity contribution is 0.417. The van der Waals surface area contributed by atoms with Gasteiger partial charge in [-0.2, -0.15) is 0 Å². The molecule has 2 aliphatic heterocycles. The first-order valence-electron chi connectivity index (χ1n) is 11.9. The number of aromatic nitrogens is 4. The van der Waals surface area contributed by atoms with Crippen molar-refractivity contribution in [1.29, 1.82) is 0 Å². The fraction of sp³-hybridized carbons (Fsp3) is 0.0323. The topological polar surface area (TPSA) is 66.6 Å². The van der Waals surface area contributed by atoms with Crippen LogP contribution in [0.4, 0.5) is 0 Å². The number of aromatic amines is 2. The Bertz CT molecular complexity index is 1890. The molecule has 2 aliphatic rings. The summed E-state index contributed by atoms with van der Waals surface area (Å²) in [5, 5.41) is 2.31. The smallest absolute Gasteiger partial charge is 0.127 e. The third-order valence-corrected chi connectivity index (χ3v) is 6.55. The van der Waals surface area contributed by atoms with Gasteiger partial charge in [0.1, 0.15) is 5.75 Å². The largest absolute Gasteiger partial charge is 0.496 e. The van der Waals surface area contributed by atoms with E-state index in [1.165, 1.54) is 5.39 Å². The van der Waals surface area contributed by atoms with Gasteiger partial charge >= 0.3 is 0 Å². The van der Waals surface area contributed by atoms with E-state index >= 15 is 0 Å². The minimum absolute atomic E-state index is 0.832. The molecule has 0 aliphatic carbocycles. The summed E-state index contributed by atoms with van der Waals surface area (Å²) in [4.78, 5) is 16.6. The van der Waals surface area contributed by atoms with Gasteiger partial charge in [-0.15, -0.1) is 0 Å². The second-order valence-corrected chi connectivity index (χ2v) is 8.95. The predicted molar refractivity (Wildman–Crippen MR) is 148 cm³/mol. The van der Waals surface area contributed by atoms with Crippen LogP contribution in [0.3, 0.4) is 0 Å². The molecule has 172 valence electrons. The molecule has 2 aromatic carbocycles. The van der Waals surface area contributed by atoms with Gasteiger partial charge in [0.05, 0.1) is 29.9 Å². The van der Waals surface area contributed by atoms with E-state index in [2.05, 4.69) is 70.6 Å². The van der Waals surface area contributed by atoms with Crippen LogP contribution in [0.1, 0.15) is 22.8 Å². The number of nitrogens with one attached hydrogen (secondary N) is 2. The van der Waals surface area contributed by atoms with E-state index in [0.717, 1.165) is 67.1 Å². The van der Waals surface area contributed by atoms with Crippen molar-refractivity contribution >= 4 is 57.1 Å². The Kier molecular flexibility index (Phi) is 4.61. The highest BCUT2D eigenvalue weighted by Crippen LogP contribution is 2.40. The number of benzene rings is 2. The molecule has 5 heterocycles. The van der Waals surface area contributed by atoms with Crippen molar-refractivity contribution < 1.29 is 4.74 Å². The van der Waals surface area contributed by atoms with Gasteiger partial charge < -0.3 is 14.7 Å². The fourth-order valence-corrected chi connectivity index (χ4v) is 4.92. The van der Waals surface area contributed by atoms with Crippen molar-refractivity contribution in [3.8, 4) is 16.9 Å². The molecule has 0 unspecified atom stereocenters. The lowest BCUT2D eigenvalue weighted by atomic mass is 9.97. The van der Waals surface area contributed by atoms with Crippen LogP contribution >= 0.6 is 0 Å². The zero-order valence-corrected chi connectivity index (χ0v) is 19.6. The highest BCUT2D eigenvalue weighted by atomic mass is 16.5. The Morgan fingerprint density at radius 3 is 2.08 bits per heavy atom. The summed E-state index contributed by atoms with van der Waals surface area (Å²) in [6, 6.07) is 27.1. The van der Waals surface area contributed by atoms with E-state index in [4.69, 9.17) is 14.7 Å². The maximum Gasteiger partial charge on any atom is 0.127 e. The molecule has 0 atom stereocenters. The molecular formula is C31H22N4O. The Morgan fingerprint density at radius 1 is 0.611 bits per heavy atom. The standard InChI is InChI=1S/C31H22N4O/c1-36-30-13-6-19-4-2-3-5-27(19)31(30)28-17-26-16-24-10-9-22(33-24)14-20-7-8-21(32-20)15-23-11-12-25(34-23)18-29(28)35-26/h2-18,33,35H,1H3. The molecule has 0 fully saturated rings. The first-order chi connectivity index (χ1) is 17.7. The van der Waals surface area contributed by atoms with Crippen molar-refractivity contribution in [3.05, 3.63) is 102 Å². The second-order valence-electron chi connectivity index (χ2n) is 8.95. The Morgan fingerprint density at radius 2 is 1.31 bits per heavy atom. The Hall–Kier alpha value is -4.90. The summed E-state index contributed by atoms with van der Waals surface area (Å²) in [5.41, 5.74) is 9.64. The van der Waals surface area contributed by atoms with Gasteiger partial charge in [0, 0.05) is 33.2 Å². The Balaban J connectivity index is 1.58. The monoisotopic (exact) mass is 466 g/mol. The summed E-state index contributed by atoms with van der Waals surface area (Å²) in [7, 11) is 1.72. The zero-order valence-electron chi connectivity index (χ0n) is 19.6. The summed E-state index contributed by atoms with van der Waals surface area (Å²) in [6.07, 6.45) is 8.09. The van der Waals surface area contributed by atoms with Crippen LogP contribution in [0.15, 0.2) is 78.9 Å². The van der Waals surface area contributed by atoms with E-state index in [1.807, 2.05) is 42.5 Å². The van der Waals surface area contributed by atoms with Crippen LogP contribution in [-0.2, 0) is 0 Å². The van der Waals surface area contributed by atoms with Gasteiger partial charge in [-0.1, -0.05) is 30.3 Å².